The summed E-state index contributed by atoms with van der Waals surface area (Å²) in [5.74, 6) is 0.414. The number of rotatable bonds is 2. The fraction of sp³-hybridized carbons (Fsp3) is 0.0667. The van der Waals surface area contributed by atoms with E-state index in [0.29, 0.717) is 37.0 Å². The summed E-state index contributed by atoms with van der Waals surface area (Å²) in [6, 6.07) is 7.00. The van der Waals surface area contributed by atoms with Gasteiger partial charge in [0.15, 0.2) is 0 Å². The van der Waals surface area contributed by atoms with Crippen LogP contribution in [0.2, 0.25) is 5.02 Å². The number of methoxy groups -OCH3 is 1. The lowest BCUT2D eigenvalue weighted by Gasteiger charge is -2.05. The summed E-state index contributed by atoms with van der Waals surface area (Å²) in [4.78, 5) is 26.2. The zero-order valence-electron chi connectivity index (χ0n) is 11.9. The number of hydrogen-bond acceptors (Lipinski definition) is 6. The van der Waals surface area contributed by atoms with Gasteiger partial charge in [-0.25, -0.2) is 15.0 Å². The maximum atomic E-state index is 12.8. The third kappa shape index (κ3) is 2.16. The topological polar surface area (TPSA) is 69.9 Å². The Kier molecular flexibility index (Phi) is 3.24. The van der Waals surface area contributed by atoms with E-state index in [-0.39, 0.29) is 5.56 Å². The molecule has 0 unspecified atom stereocenters. The van der Waals surface area contributed by atoms with Crippen LogP contribution in [0.15, 0.2) is 41.7 Å². The average molecular weight is 345 g/mol. The SMILES string of the molecule is COc1ncnc2sc3c(=O)n(-c4ccc(Cl)cc4)cnc3c12. The highest BCUT2D eigenvalue weighted by atomic mass is 35.5. The predicted molar refractivity (Wildman–Crippen MR) is 89.9 cm³/mol. The molecule has 4 aromatic rings. The molecule has 0 aliphatic heterocycles. The zero-order chi connectivity index (χ0) is 16.0. The standard InChI is InChI=1S/C15H9ClN4O2S/c1-22-13-10-11-12(23-14(10)18-6-17-13)15(21)20(7-19-11)9-4-2-8(16)3-5-9/h2-7H,1H3. The number of benzene rings is 1. The van der Waals surface area contributed by atoms with Crippen LogP contribution < -0.4 is 10.3 Å². The minimum Gasteiger partial charge on any atom is -0.480 e. The number of halogens is 1. The third-order valence-electron chi connectivity index (χ3n) is 3.44. The molecule has 23 heavy (non-hydrogen) atoms. The largest absolute Gasteiger partial charge is 0.480 e. The summed E-state index contributed by atoms with van der Waals surface area (Å²) < 4.78 is 7.24. The van der Waals surface area contributed by atoms with Crippen LogP contribution in [0.25, 0.3) is 26.1 Å². The Hall–Kier alpha value is -2.51. The zero-order valence-corrected chi connectivity index (χ0v) is 13.4. The molecule has 0 atom stereocenters. The molecule has 0 bridgehead atoms. The monoisotopic (exact) mass is 344 g/mol. The van der Waals surface area contributed by atoms with Crippen LogP contribution in [-0.2, 0) is 0 Å². The highest BCUT2D eigenvalue weighted by Gasteiger charge is 2.17. The Bertz CT molecular complexity index is 1090. The van der Waals surface area contributed by atoms with Gasteiger partial charge in [0.05, 0.1) is 12.8 Å². The summed E-state index contributed by atoms with van der Waals surface area (Å²) in [5.41, 5.74) is 1.09. The predicted octanol–water partition coefficient (Wildman–Crippen LogP) is 3.05. The van der Waals surface area contributed by atoms with Crippen molar-refractivity contribution in [3.8, 4) is 11.6 Å². The number of nitrogens with zero attached hydrogens (tertiary/aromatic N) is 4. The molecular weight excluding hydrogens is 336 g/mol. The van der Waals surface area contributed by atoms with E-state index >= 15 is 0 Å². The second-order valence-electron chi connectivity index (χ2n) is 4.74. The van der Waals surface area contributed by atoms with Crippen molar-refractivity contribution in [3.05, 3.63) is 52.3 Å². The maximum Gasteiger partial charge on any atom is 0.275 e. The fourth-order valence-electron chi connectivity index (χ4n) is 2.38. The molecule has 0 amide bonds. The number of aromatic nitrogens is 4. The molecule has 8 heteroatoms. The molecule has 6 nitrogen and oxygen atoms in total. The van der Waals surface area contributed by atoms with Gasteiger partial charge < -0.3 is 4.74 Å². The first-order valence-electron chi connectivity index (χ1n) is 6.64. The first-order valence-corrected chi connectivity index (χ1v) is 7.83. The Morgan fingerprint density at radius 1 is 1.17 bits per heavy atom. The highest BCUT2D eigenvalue weighted by molar-refractivity contribution is 7.25. The van der Waals surface area contributed by atoms with Crippen LogP contribution >= 0.6 is 22.9 Å². The van der Waals surface area contributed by atoms with Crippen LogP contribution in [0, 0.1) is 0 Å². The molecule has 1 aromatic carbocycles. The van der Waals surface area contributed by atoms with Crippen molar-refractivity contribution in [1.82, 2.24) is 19.5 Å². The van der Waals surface area contributed by atoms with E-state index in [0.717, 1.165) is 0 Å². The molecule has 0 saturated carbocycles. The van der Waals surface area contributed by atoms with Gasteiger partial charge in [0.2, 0.25) is 5.88 Å². The minimum absolute atomic E-state index is 0.164. The van der Waals surface area contributed by atoms with E-state index in [2.05, 4.69) is 15.0 Å². The van der Waals surface area contributed by atoms with Gasteiger partial charge in [-0.05, 0) is 24.3 Å². The first kappa shape index (κ1) is 14.1. The van der Waals surface area contributed by atoms with Crippen LogP contribution in [0.5, 0.6) is 5.88 Å². The molecule has 0 aliphatic carbocycles. The number of thiophene rings is 1. The molecule has 3 heterocycles. The lowest BCUT2D eigenvalue weighted by Crippen LogP contribution is -2.17. The van der Waals surface area contributed by atoms with Crippen molar-refractivity contribution in [2.45, 2.75) is 0 Å². The van der Waals surface area contributed by atoms with Gasteiger partial charge in [-0.2, -0.15) is 0 Å². The molecular formula is C15H9ClN4O2S. The van der Waals surface area contributed by atoms with E-state index < -0.39 is 0 Å². The summed E-state index contributed by atoms with van der Waals surface area (Å²) >= 11 is 7.17. The Labute approximate surface area is 139 Å². The normalized spacial score (nSPS) is 11.2. The minimum atomic E-state index is -0.164. The maximum absolute atomic E-state index is 12.8. The van der Waals surface area contributed by atoms with E-state index in [1.54, 1.807) is 24.3 Å². The summed E-state index contributed by atoms with van der Waals surface area (Å²) in [7, 11) is 1.53. The van der Waals surface area contributed by atoms with E-state index in [1.165, 1.54) is 35.7 Å². The summed E-state index contributed by atoms with van der Waals surface area (Å²) in [5, 5.41) is 1.27. The molecule has 0 spiro atoms. The van der Waals surface area contributed by atoms with Crippen molar-refractivity contribution >= 4 is 43.4 Å². The molecule has 0 saturated heterocycles. The van der Waals surface area contributed by atoms with Crippen molar-refractivity contribution in [2.24, 2.45) is 0 Å². The van der Waals surface area contributed by atoms with Gasteiger partial charge in [-0.15, -0.1) is 11.3 Å². The van der Waals surface area contributed by atoms with Crippen LogP contribution in [0.3, 0.4) is 0 Å². The van der Waals surface area contributed by atoms with Crippen LogP contribution in [0.1, 0.15) is 0 Å². The van der Waals surface area contributed by atoms with Gasteiger partial charge in [0.1, 0.15) is 33.1 Å². The molecule has 0 aliphatic rings. The summed E-state index contributed by atoms with van der Waals surface area (Å²) in [6.45, 7) is 0. The highest BCUT2D eigenvalue weighted by Crippen LogP contribution is 2.33. The third-order valence-corrected chi connectivity index (χ3v) is 4.77. The molecule has 4 rings (SSSR count). The quantitative estimate of drug-likeness (QED) is 0.559. The Morgan fingerprint density at radius 3 is 2.70 bits per heavy atom. The van der Waals surface area contributed by atoms with Crippen molar-refractivity contribution < 1.29 is 4.74 Å². The lowest BCUT2D eigenvalue weighted by atomic mass is 10.3. The van der Waals surface area contributed by atoms with Crippen molar-refractivity contribution in [3.63, 3.8) is 0 Å². The van der Waals surface area contributed by atoms with Gasteiger partial charge >= 0.3 is 0 Å². The number of fused-ring (bicyclic) bond motifs is 3. The van der Waals surface area contributed by atoms with Crippen molar-refractivity contribution in [1.29, 1.82) is 0 Å². The second kappa shape index (κ2) is 5.29. The summed E-state index contributed by atoms with van der Waals surface area (Å²) in [6.07, 6.45) is 2.90. The second-order valence-corrected chi connectivity index (χ2v) is 6.17. The number of ether oxygens (including phenoxy) is 1. The average Bonchev–Trinajstić information content (AvgIpc) is 2.96. The Morgan fingerprint density at radius 2 is 1.96 bits per heavy atom. The smallest absolute Gasteiger partial charge is 0.275 e. The fourth-order valence-corrected chi connectivity index (χ4v) is 3.52. The molecule has 0 radical (unpaired) electrons. The van der Waals surface area contributed by atoms with E-state index in [1.807, 2.05) is 0 Å². The van der Waals surface area contributed by atoms with Crippen molar-refractivity contribution in [2.75, 3.05) is 7.11 Å². The first-order chi connectivity index (χ1) is 11.2. The number of hydrogen-bond donors (Lipinski definition) is 0. The lowest BCUT2D eigenvalue weighted by molar-refractivity contribution is 0.403. The molecule has 0 fully saturated rings. The van der Waals surface area contributed by atoms with E-state index in [9.17, 15) is 4.79 Å². The molecule has 3 aromatic heterocycles. The Balaban J connectivity index is 2.04. The van der Waals surface area contributed by atoms with Gasteiger partial charge in [-0.1, -0.05) is 11.6 Å². The molecule has 0 N–H and O–H groups in total. The van der Waals surface area contributed by atoms with Gasteiger partial charge in [-0.3, -0.25) is 9.36 Å². The molecule has 114 valence electrons. The van der Waals surface area contributed by atoms with Crippen LogP contribution in [-0.4, -0.2) is 26.6 Å². The van der Waals surface area contributed by atoms with E-state index in [4.69, 9.17) is 16.3 Å². The van der Waals surface area contributed by atoms with Gasteiger partial charge in [0, 0.05) is 5.02 Å². The van der Waals surface area contributed by atoms with Crippen LogP contribution in [0.4, 0.5) is 0 Å². The van der Waals surface area contributed by atoms with Gasteiger partial charge in [0.25, 0.3) is 5.56 Å².